The average molecular weight is 267 g/mol. The lowest BCUT2D eigenvalue weighted by atomic mass is 9.76. The number of carbonyl (C=O) groups is 2. The molecule has 2 unspecified atom stereocenters. The molecule has 1 heterocycles. The van der Waals surface area contributed by atoms with Gasteiger partial charge < -0.3 is 15.2 Å². The number of hydrogen-bond donors (Lipinski definition) is 2. The Morgan fingerprint density at radius 1 is 1.58 bits per heavy atom. The lowest BCUT2D eigenvalue weighted by molar-refractivity contribution is -0.141. The molecule has 0 radical (unpaired) electrons. The van der Waals surface area contributed by atoms with Gasteiger partial charge in [-0.05, 0) is 17.7 Å². The maximum atomic E-state index is 13.7. The number of benzene rings is 1. The zero-order chi connectivity index (χ0) is 14.2. The topological polar surface area (TPSA) is 75.6 Å². The number of hydrogen-bond acceptors (Lipinski definition) is 3. The molecule has 1 aliphatic heterocycles. The zero-order valence-electron chi connectivity index (χ0n) is 10.6. The van der Waals surface area contributed by atoms with Crippen LogP contribution in [0.5, 0.6) is 5.75 Å². The Morgan fingerprint density at radius 2 is 2.26 bits per heavy atom. The summed E-state index contributed by atoms with van der Waals surface area (Å²) in [5, 5.41) is 11.6. The quantitative estimate of drug-likeness (QED) is 0.858. The van der Waals surface area contributed by atoms with E-state index in [4.69, 9.17) is 9.84 Å². The summed E-state index contributed by atoms with van der Waals surface area (Å²) in [7, 11) is 1.35. The second-order valence-electron chi connectivity index (χ2n) is 4.78. The van der Waals surface area contributed by atoms with Crippen LogP contribution < -0.4 is 10.1 Å². The average Bonchev–Trinajstić information content (AvgIpc) is 2.66. The van der Waals surface area contributed by atoms with Gasteiger partial charge in [0.2, 0.25) is 5.91 Å². The van der Waals surface area contributed by atoms with E-state index in [1.54, 1.807) is 13.0 Å². The van der Waals surface area contributed by atoms with E-state index in [1.807, 2.05) is 0 Å². The minimum atomic E-state index is -1.13. The fraction of sp³-hybridized carbons (Fsp3) is 0.385. The Morgan fingerprint density at radius 3 is 2.79 bits per heavy atom. The van der Waals surface area contributed by atoms with Crippen molar-refractivity contribution in [3.63, 3.8) is 0 Å². The summed E-state index contributed by atoms with van der Waals surface area (Å²) in [6, 6.07) is 3.16. The molecule has 0 saturated carbocycles. The van der Waals surface area contributed by atoms with Crippen LogP contribution in [0, 0.1) is 5.82 Å². The predicted molar refractivity (Wildman–Crippen MR) is 64.5 cm³/mol. The van der Waals surface area contributed by atoms with Crippen molar-refractivity contribution in [2.45, 2.75) is 24.8 Å². The molecule has 102 valence electrons. The van der Waals surface area contributed by atoms with Gasteiger partial charge >= 0.3 is 5.97 Å². The van der Waals surface area contributed by atoms with E-state index in [0.717, 1.165) is 0 Å². The molecule has 0 bridgehead atoms. The molecule has 1 aliphatic rings. The number of nitrogens with one attached hydrogen (secondary N) is 1. The molecule has 1 aromatic rings. The summed E-state index contributed by atoms with van der Waals surface area (Å²) in [6.45, 7) is 1.63. The molecule has 6 heteroatoms. The highest BCUT2D eigenvalue weighted by Crippen LogP contribution is 2.37. The van der Waals surface area contributed by atoms with Gasteiger partial charge in [-0.25, -0.2) is 9.18 Å². The third-order valence-corrected chi connectivity index (χ3v) is 3.53. The van der Waals surface area contributed by atoms with Crippen LogP contribution in [0.2, 0.25) is 0 Å². The smallest absolute Gasteiger partial charge is 0.327 e. The van der Waals surface area contributed by atoms with Crippen LogP contribution in [-0.2, 0) is 15.0 Å². The number of carboxylic acids is 1. The summed E-state index contributed by atoms with van der Waals surface area (Å²) >= 11 is 0. The highest BCUT2D eigenvalue weighted by atomic mass is 19.1. The molecule has 2 rings (SSSR count). The van der Waals surface area contributed by atoms with E-state index < -0.39 is 23.2 Å². The third-order valence-electron chi connectivity index (χ3n) is 3.53. The van der Waals surface area contributed by atoms with Crippen molar-refractivity contribution in [1.29, 1.82) is 0 Å². The zero-order valence-corrected chi connectivity index (χ0v) is 10.6. The largest absolute Gasteiger partial charge is 0.494 e. The standard InChI is InChI=1S/C13H14FNO4/c1-13(6-10(16)15-11(13)12(17)18)7-3-4-9(19-2)8(14)5-7/h3-5,11H,6H2,1-2H3,(H,15,16)(H,17,18). The third kappa shape index (κ3) is 2.14. The predicted octanol–water partition coefficient (Wildman–Crippen LogP) is 1.07. The van der Waals surface area contributed by atoms with Crippen molar-refractivity contribution < 1.29 is 23.8 Å². The van der Waals surface area contributed by atoms with Crippen molar-refractivity contribution in [3.05, 3.63) is 29.6 Å². The first kappa shape index (κ1) is 13.3. The lowest BCUT2D eigenvalue weighted by Crippen LogP contribution is -2.44. The van der Waals surface area contributed by atoms with Gasteiger partial charge in [0.15, 0.2) is 11.6 Å². The number of halogens is 1. The molecule has 1 saturated heterocycles. The number of carboxylic acid groups (broad SMARTS) is 1. The molecule has 2 N–H and O–H groups in total. The maximum absolute atomic E-state index is 13.7. The van der Waals surface area contributed by atoms with Gasteiger partial charge in [-0.1, -0.05) is 13.0 Å². The summed E-state index contributed by atoms with van der Waals surface area (Å²) in [5.41, 5.74) is -0.521. The van der Waals surface area contributed by atoms with Gasteiger partial charge in [0.25, 0.3) is 0 Å². The molecule has 19 heavy (non-hydrogen) atoms. The number of rotatable bonds is 3. The van der Waals surface area contributed by atoms with Crippen molar-refractivity contribution >= 4 is 11.9 Å². The first-order valence-corrected chi connectivity index (χ1v) is 5.74. The van der Waals surface area contributed by atoms with Gasteiger partial charge in [-0.2, -0.15) is 0 Å². The van der Waals surface area contributed by atoms with Crippen molar-refractivity contribution in [3.8, 4) is 5.75 Å². The minimum absolute atomic E-state index is 0.00966. The van der Waals surface area contributed by atoms with E-state index in [9.17, 15) is 14.0 Å². The van der Waals surface area contributed by atoms with E-state index in [-0.39, 0.29) is 18.1 Å². The van der Waals surface area contributed by atoms with Crippen molar-refractivity contribution in [2.75, 3.05) is 7.11 Å². The first-order chi connectivity index (χ1) is 8.88. The molecular formula is C13H14FNO4. The van der Waals surface area contributed by atoms with Crippen LogP contribution in [0.15, 0.2) is 18.2 Å². The van der Waals surface area contributed by atoms with Crippen LogP contribution in [0.4, 0.5) is 4.39 Å². The van der Waals surface area contributed by atoms with Gasteiger partial charge in [0.05, 0.1) is 7.11 Å². The Labute approximate surface area is 109 Å². The molecule has 5 nitrogen and oxygen atoms in total. The first-order valence-electron chi connectivity index (χ1n) is 5.74. The highest BCUT2D eigenvalue weighted by Gasteiger charge is 2.48. The molecule has 0 aromatic heterocycles. The van der Waals surface area contributed by atoms with Gasteiger partial charge in [0.1, 0.15) is 6.04 Å². The molecule has 0 spiro atoms. The van der Waals surface area contributed by atoms with Crippen LogP contribution in [0.3, 0.4) is 0 Å². The second-order valence-corrected chi connectivity index (χ2v) is 4.78. The summed E-state index contributed by atoms with van der Waals surface area (Å²) < 4.78 is 18.5. The van der Waals surface area contributed by atoms with E-state index in [1.165, 1.54) is 19.2 Å². The summed E-state index contributed by atoms with van der Waals surface area (Å²) in [5.74, 6) is -1.99. The van der Waals surface area contributed by atoms with Crippen LogP contribution in [0.1, 0.15) is 18.9 Å². The Hall–Kier alpha value is -2.11. The van der Waals surface area contributed by atoms with Gasteiger partial charge in [-0.3, -0.25) is 4.79 Å². The number of ether oxygens (including phenoxy) is 1. The fourth-order valence-electron chi connectivity index (χ4n) is 2.43. The molecular weight excluding hydrogens is 253 g/mol. The van der Waals surface area contributed by atoms with Crippen LogP contribution in [-0.4, -0.2) is 30.1 Å². The maximum Gasteiger partial charge on any atom is 0.327 e. The van der Waals surface area contributed by atoms with Gasteiger partial charge in [0, 0.05) is 11.8 Å². The number of methoxy groups -OCH3 is 1. The fourth-order valence-corrected chi connectivity index (χ4v) is 2.43. The van der Waals surface area contributed by atoms with E-state index in [0.29, 0.717) is 5.56 Å². The Bertz CT molecular complexity index is 545. The Kier molecular flexibility index (Phi) is 3.18. The van der Waals surface area contributed by atoms with Crippen LogP contribution >= 0.6 is 0 Å². The number of carbonyl (C=O) groups excluding carboxylic acids is 1. The van der Waals surface area contributed by atoms with Crippen molar-refractivity contribution in [1.82, 2.24) is 5.32 Å². The molecule has 1 aromatic carbocycles. The van der Waals surface area contributed by atoms with Crippen molar-refractivity contribution in [2.24, 2.45) is 0 Å². The van der Waals surface area contributed by atoms with Gasteiger partial charge in [-0.15, -0.1) is 0 Å². The SMILES string of the molecule is COc1ccc(C2(C)CC(=O)NC2C(=O)O)cc1F. The van der Waals surface area contributed by atoms with E-state index >= 15 is 0 Å². The molecule has 1 amide bonds. The highest BCUT2D eigenvalue weighted by molar-refractivity contribution is 5.90. The second kappa shape index (κ2) is 4.53. The lowest BCUT2D eigenvalue weighted by Gasteiger charge is -2.28. The number of amides is 1. The minimum Gasteiger partial charge on any atom is -0.494 e. The molecule has 0 aliphatic carbocycles. The normalized spacial score (nSPS) is 26.1. The van der Waals surface area contributed by atoms with E-state index in [2.05, 4.69) is 5.32 Å². The molecule has 1 fully saturated rings. The summed E-state index contributed by atoms with van der Waals surface area (Å²) in [6.07, 6.45) is 0.00966. The van der Waals surface area contributed by atoms with Crippen LogP contribution in [0.25, 0.3) is 0 Å². The molecule has 2 atom stereocenters. The summed E-state index contributed by atoms with van der Waals surface area (Å²) in [4.78, 5) is 22.7. The Balaban J connectivity index is 2.46. The monoisotopic (exact) mass is 267 g/mol. The number of aliphatic carboxylic acids is 1.